The molecule has 4 atom stereocenters. The topological polar surface area (TPSA) is 294 Å². The lowest BCUT2D eigenvalue weighted by molar-refractivity contribution is -0.172. The molecular formula is C44H49FN8O13. The lowest BCUT2D eigenvalue weighted by Crippen LogP contribution is -2.56. The number of aliphatic hydroxyl groups is 2. The number of esters is 1. The number of pyridine rings is 2. The van der Waals surface area contributed by atoms with Crippen molar-refractivity contribution in [2.45, 2.75) is 90.3 Å². The number of hydrogen-bond donors (Lipinski definition) is 7. The first kappa shape index (κ1) is 47.1. The van der Waals surface area contributed by atoms with Crippen LogP contribution in [-0.2, 0) is 73.0 Å². The summed E-state index contributed by atoms with van der Waals surface area (Å²) >= 11 is 0. The molecule has 3 aliphatic heterocycles. The molecule has 2 aromatic heterocycles. The number of ether oxygens (including phenoxy) is 2. The van der Waals surface area contributed by atoms with E-state index in [0.29, 0.717) is 57.4 Å². The van der Waals surface area contributed by atoms with Gasteiger partial charge < -0.3 is 50.8 Å². The molecule has 0 fully saturated rings. The Kier molecular flexibility index (Phi) is 13.5. The second-order valence-corrected chi connectivity index (χ2v) is 16.7. The van der Waals surface area contributed by atoms with Gasteiger partial charge in [0.2, 0.25) is 29.5 Å². The van der Waals surface area contributed by atoms with Crippen LogP contribution in [0.15, 0.2) is 29.1 Å². The fourth-order valence-electron chi connectivity index (χ4n) is 8.66. The first-order valence-corrected chi connectivity index (χ1v) is 21.4. The molecule has 22 heteroatoms. The van der Waals surface area contributed by atoms with Crippen LogP contribution >= 0.6 is 0 Å². The van der Waals surface area contributed by atoms with Gasteiger partial charge in [0, 0.05) is 47.7 Å². The number of carbonyl (C=O) groups excluding carboxylic acids is 8. The second-order valence-electron chi connectivity index (χ2n) is 16.7. The van der Waals surface area contributed by atoms with E-state index in [1.165, 1.54) is 10.6 Å². The molecule has 1 aromatic carbocycles. The molecule has 0 unspecified atom stereocenters. The first-order valence-electron chi connectivity index (χ1n) is 21.4. The highest BCUT2D eigenvalue weighted by molar-refractivity contribution is 6.14. The van der Waals surface area contributed by atoms with Crippen LogP contribution < -0.4 is 32.1 Å². The summed E-state index contributed by atoms with van der Waals surface area (Å²) in [5.74, 6) is -6.65. The van der Waals surface area contributed by atoms with E-state index in [0.717, 1.165) is 17.1 Å². The Balaban J connectivity index is 0.953. The molecule has 5 heterocycles. The molecule has 7 rings (SSSR count). The van der Waals surface area contributed by atoms with Crippen molar-refractivity contribution < 1.29 is 62.4 Å². The highest BCUT2D eigenvalue weighted by atomic mass is 19.1. The summed E-state index contributed by atoms with van der Waals surface area (Å²) in [7, 11) is 0. The second kappa shape index (κ2) is 18.9. The lowest BCUT2D eigenvalue weighted by Gasteiger charge is -2.31. The number of hydrogen-bond acceptors (Lipinski definition) is 14. The van der Waals surface area contributed by atoms with Crippen LogP contribution in [0, 0.1) is 18.7 Å². The average Bonchev–Trinajstić information content (AvgIpc) is 3.81. The van der Waals surface area contributed by atoms with E-state index >= 15 is 4.39 Å². The molecule has 0 radical (unpaired) electrons. The molecule has 1 aliphatic carbocycles. The van der Waals surface area contributed by atoms with Gasteiger partial charge in [-0.3, -0.25) is 43.3 Å². The van der Waals surface area contributed by atoms with Crippen LogP contribution in [0.5, 0.6) is 0 Å². The molecule has 7 N–H and O–H groups in total. The zero-order valence-corrected chi connectivity index (χ0v) is 36.5. The molecule has 0 spiro atoms. The average molecular weight is 917 g/mol. The number of imide groups is 1. The third kappa shape index (κ3) is 8.90. The number of cyclic esters (lactones) is 1. The molecule has 0 saturated heterocycles. The third-order valence-electron chi connectivity index (χ3n) is 12.3. The van der Waals surface area contributed by atoms with Crippen LogP contribution in [0.3, 0.4) is 0 Å². The summed E-state index contributed by atoms with van der Waals surface area (Å²) in [4.78, 5) is 120. The van der Waals surface area contributed by atoms with E-state index < -0.39 is 115 Å². The van der Waals surface area contributed by atoms with Crippen molar-refractivity contribution in [2.75, 3.05) is 33.0 Å². The van der Waals surface area contributed by atoms with Gasteiger partial charge in [0.15, 0.2) is 5.60 Å². The lowest BCUT2D eigenvalue weighted by atomic mass is 9.81. The number of nitrogens with one attached hydrogen (secondary N) is 5. The Labute approximate surface area is 375 Å². The highest BCUT2D eigenvalue weighted by Crippen LogP contribution is 2.46. The number of aromatic nitrogens is 2. The maximum atomic E-state index is 15.3. The molecule has 0 saturated carbocycles. The van der Waals surface area contributed by atoms with Gasteiger partial charge in [-0.15, -0.1) is 0 Å². The van der Waals surface area contributed by atoms with Crippen LogP contribution in [0.25, 0.3) is 22.3 Å². The van der Waals surface area contributed by atoms with Gasteiger partial charge in [0.25, 0.3) is 17.4 Å². The van der Waals surface area contributed by atoms with Crippen molar-refractivity contribution in [3.05, 3.63) is 73.8 Å². The highest BCUT2D eigenvalue weighted by Gasteiger charge is 2.46. The van der Waals surface area contributed by atoms with Crippen LogP contribution in [0.4, 0.5) is 4.39 Å². The van der Waals surface area contributed by atoms with Gasteiger partial charge in [-0.2, -0.15) is 0 Å². The molecule has 0 bridgehead atoms. The molecule has 350 valence electrons. The summed E-state index contributed by atoms with van der Waals surface area (Å²) in [5, 5.41) is 34.6. The molecule has 4 aliphatic rings. The van der Waals surface area contributed by atoms with Gasteiger partial charge >= 0.3 is 5.97 Å². The number of benzene rings is 1. The first-order chi connectivity index (χ1) is 31.4. The van der Waals surface area contributed by atoms with E-state index in [9.17, 15) is 53.4 Å². The van der Waals surface area contributed by atoms with Crippen LogP contribution in [0.1, 0.15) is 79.5 Å². The van der Waals surface area contributed by atoms with Crippen LogP contribution in [0.2, 0.25) is 0 Å². The van der Waals surface area contributed by atoms with Crippen LogP contribution in [-0.4, -0.2) is 117 Å². The number of carbonyl (C=O) groups is 8. The third-order valence-corrected chi connectivity index (χ3v) is 12.3. The SMILES string of the molecule is CC[C@@]1(O)C(=O)OCc2c1cc1n(c2=O)Cc2c-1nc1cc(F)c(C)c3c1c2[C@@H](NC(=O)COCNC(=O)[C@H](CO)NC(=O)[C@@H](NC(=O)CCNC(=O)CN1C(=O)C=CC1=O)C(C)C)CC3. The molecular weight excluding hydrogens is 868 g/mol. The Morgan fingerprint density at radius 2 is 1.71 bits per heavy atom. The van der Waals surface area contributed by atoms with Crippen molar-refractivity contribution in [3.63, 3.8) is 0 Å². The zero-order chi connectivity index (χ0) is 47.8. The number of amides is 7. The van der Waals surface area contributed by atoms with Crippen molar-refractivity contribution in [3.8, 4) is 11.4 Å². The van der Waals surface area contributed by atoms with Gasteiger partial charge in [-0.25, -0.2) is 14.2 Å². The van der Waals surface area contributed by atoms with Crippen molar-refractivity contribution in [1.82, 2.24) is 41.0 Å². The minimum absolute atomic E-state index is 0.0396. The largest absolute Gasteiger partial charge is 0.458 e. The van der Waals surface area contributed by atoms with Crippen molar-refractivity contribution >= 4 is 58.2 Å². The predicted molar refractivity (Wildman–Crippen MR) is 227 cm³/mol. The Morgan fingerprint density at radius 1 is 0.985 bits per heavy atom. The Hall–Kier alpha value is -6.91. The molecule has 7 amide bonds. The number of nitrogens with zero attached hydrogens (tertiary/aromatic N) is 3. The minimum Gasteiger partial charge on any atom is -0.458 e. The van der Waals surface area contributed by atoms with Gasteiger partial charge in [-0.1, -0.05) is 20.8 Å². The quantitative estimate of drug-likeness (QED) is 0.0283. The minimum atomic E-state index is -2.06. The fraction of sp³-hybridized carbons (Fsp3) is 0.455. The van der Waals surface area contributed by atoms with E-state index in [4.69, 9.17) is 14.5 Å². The summed E-state index contributed by atoms with van der Waals surface area (Å²) in [6.07, 6.45) is 2.49. The monoisotopic (exact) mass is 916 g/mol. The number of aryl methyl sites for hydroxylation is 1. The number of fused-ring (bicyclic) bond motifs is 5. The number of aliphatic hydroxyl groups excluding tert-OH is 1. The summed E-state index contributed by atoms with van der Waals surface area (Å²) < 4.78 is 27.4. The van der Waals surface area contributed by atoms with Gasteiger partial charge in [-0.05, 0) is 54.9 Å². The normalized spacial score (nSPS) is 18.9. The standard InChI is InChI=1S/C44H49FN8O13/c1-5-44(64)25-12-30-39-23(14-52(30)42(62)24(25)17-66-43(44)63)37-27(7-6-22-21(4)26(45)13-28(49-39)36(22)37)48-33(57)18-65-19-47-40(60)29(16-54)50-41(61)38(20(2)3)51-31(55)10-11-46-32(56)15-53-34(58)8-9-35(53)59/h8-9,12-13,20,27,29,38,54,64H,5-7,10-11,14-19H2,1-4H3,(H,46,56)(H,47,60)(H,48,57)(H,50,61)(H,51,55)/t27-,29-,38-,44-/m0/s1. The summed E-state index contributed by atoms with van der Waals surface area (Å²) in [5.41, 5.74) is 1.03. The van der Waals surface area contributed by atoms with E-state index in [1.807, 2.05) is 0 Å². The smallest absolute Gasteiger partial charge is 0.343 e. The van der Waals surface area contributed by atoms with E-state index in [-0.39, 0.29) is 43.7 Å². The molecule has 66 heavy (non-hydrogen) atoms. The Bertz CT molecular complexity index is 2660. The Morgan fingerprint density at radius 3 is 2.39 bits per heavy atom. The maximum Gasteiger partial charge on any atom is 0.343 e. The summed E-state index contributed by atoms with van der Waals surface area (Å²) in [6, 6.07) is -0.430. The summed E-state index contributed by atoms with van der Waals surface area (Å²) in [6.45, 7) is 3.66. The fourth-order valence-corrected chi connectivity index (χ4v) is 8.66. The molecule has 3 aromatic rings. The van der Waals surface area contributed by atoms with E-state index in [2.05, 4.69) is 26.6 Å². The maximum absolute atomic E-state index is 15.3. The molecule has 21 nitrogen and oxygen atoms in total. The number of rotatable bonds is 17. The predicted octanol–water partition coefficient (Wildman–Crippen LogP) is -1.23. The zero-order valence-electron chi connectivity index (χ0n) is 36.5. The van der Waals surface area contributed by atoms with Gasteiger partial charge in [0.05, 0.1) is 41.7 Å². The number of halogens is 1. The van der Waals surface area contributed by atoms with E-state index in [1.54, 1.807) is 33.8 Å². The van der Waals surface area contributed by atoms with Gasteiger partial charge in [0.1, 0.15) is 44.4 Å². The van der Waals surface area contributed by atoms with Crippen molar-refractivity contribution in [2.24, 2.45) is 5.92 Å². The van der Waals surface area contributed by atoms with Crippen molar-refractivity contribution in [1.29, 1.82) is 0 Å².